The Hall–Kier alpha value is -0.0600. The zero-order valence-corrected chi connectivity index (χ0v) is 10.7. The van der Waals surface area contributed by atoms with Gasteiger partial charge in [-0.3, -0.25) is 0 Å². The summed E-state index contributed by atoms with van der Waals surface area (Å²) in [6.07, 6.45) is 1.89. The molecule has 0 unspecified atom stereocenters. The molecule has 0 saturated heterocycles. The number of thioether (sulfide) groups is 1. The highest BCUT2D eigenvalue weighted by Gasteiger charge is 2.06. The Morgan fingerprint density at radius 1 is 1.43 bits per heavy atom. The largest absolute Gasteiger partial charge is 0.206 e. The van der Waals surface area contributed by atoms with Crippen LogP contribution in [0.5, 0.6) is 0 Å². The maximum Gasteiger partial charge on any atom is 0.137 e. The fourth-order valence-electron chi connectivity index (χ4n) is 1.32. The van der Waals surface area contributed by atoms with Crippen LogP contribution in [-0.4, -0.2) is 6.26 Å². The molecule has 0 radical (unpaired) electrons. The van der Waals surface area contributed by atoms with Crippen LogP contribution in [0.15, 0.2) is 23.1 Å². The molecule has 0 fully saturated rings. The van der Waals surface area contributed by atoms with Crippen LogP contribution in [0.4, 0.5) is 4.39 Å². The molecular weight excluding hydrogens is 283 g/mol. The number of halogens is 2. The molecule has 4 heteroatoms. The summed E-state index contributed by atoms with van der Waals surface area (Å²) in [5, 5.41) is 1.84. The predicted octanol–water partition coefficient (Wildman–Crippen LogP) is 4.66. The summed E-state index contributed by atoms with van der Waals surface area (Å²) in [4.78, 5) is 1.96. The average molecular weight is 291 g/mol. The van der Waals surface area contributed by atoms with Crippen molar-refractivity contribution < 1.29 is 4.39 Å². The second kappa shape index (κ2) is 4.21. The molecule has 0 saturated carbocycles. The van der Waals surface area contributed by atoms with E-state index in [4.69, 9.17) is 0 Å². The van der Waals surface area contributed by atoms with Gasteiger partial charge in [-0.1, -0.05) is 15.9 Å². The summed E-state index contributed by atoms with van der Waals surface area (Å²) in [6.45, 7) is 0. The smallest absolute Gasteiger partial charge is 0.137 e. The van der Waals surface area contributed by atoms with Gasteiger partial charge in [0.2, 0.25) is 0 Å². The number of benzene rings is 1. The molecule has 0 aliphatic carbocycles. The van der Waals surface area contributed by atoms with Crippen LogP contribution in [-0.2, 0) is 5.33 Å². The number of rotatable bonds is 2. The first-order valence-corrected chi connectivity index (χ1v) is 7.23. The van der Waals surface area contributed by atoms with Crippen LogP contribution in [0.2, 0.25) is 0 Å². The number of thiophene rings is 1. The van der Waals surface area contributed by atoms with Crippen LogP contribution in [0.3, 0.4) is 0 Å². The fourth-order valence-corrected chi connectivity index (χ4v) is 3.32. The number of hydrogen-bond acceptors (Lipinski definition) is 2. The van der Waals surface area contributed by atoms with Crippen LogP contribution in [0.1, 0.15) is 4.88 Å². The molecule has 1 aromatic carbocycles. The Kier molecular flexibility index (Phi) is 3.14. The lowest BCUT2D eigenvalue weighted by Gasteiger charge is -1.97. The second-order valence-corrected chi connectivity index (χ2v) is 5.45. The summed E-state index contributed by atoms with van der Waals surface area (Å²) >= 11 is 6.56. The van der Waals surface area contributed by atoms with Crippen LogP contribution < -0.4 is 0 Å². The molecule has 0 spiro atoms. The molecule has 2 aromatic rings. The Bertz CT molecular complexity index is 464. The minimum Gasteiger partial charge on any atom is -0.206 e. The molecule has 2 rings (SSSR count). The summed E-state index contributed by atoms with van der Waals surface area (Å²) in [5.41, 5.74) is 0. The van der Waals surface area contributed by atoms with E-state index < -0.39 is 0 Å². The molecule has 0 nitrogen and oxygen atoms in total. The zero-order chi connectivity index (χ0) is 10.1. The Balaban J connectivity index is 2.64. The standard InChI is InChI=1S/C10H8BrFS2/c1-13-10-4-9-6(3-8(10)12)2-7(5-11)14-9/h2-4H,5H2,1H3. The third-order valence-corrected chi connectivity index (χ3v) is 4.80. The van der Waals surface area contributed by atoms with Crippen LogP contribution >= 0.6 is 39.0 Å². The second-order valence-electron chi connectivity index (χ2n) is 2.87. The Morgan fingerprint density at radius 2 is 2.21 bits per heavy atom. The van der Waals surface area contributed by atoms with Gasteiger partial charge in [-0.05, 0) is 29.8 Å². The molecule has 0 aliphatic rings. The normalized spacial score (nSPS) is 11.1. The van der Waals surface area contributed by atoms with Crippen molar-refractivity contribution in [2.45, 2.75) is 10.2 Å². The van der Waals surface area contributed by atoms with E-state index in [0.717, 1.165) is 20.3 Å². The van der Waals surface area contributed by atoms with Gasteiger partial charge < -0.3 is 0 Å². The third-order valence-electron chi connectivity index (χ3n) is 1.97. The lowest BCUT2D eigenvalue weighted by atomic mass is 10.2. The van der Waals surface area contributed by atoms with E-state index in [1.807, 2.05) is 18.4 Å². The molecule has 0 amide bonds. The van der Waals surface area contributed by atoms with Crippen molar-refractivity contribution in [3.8, 4) is 0 Å². The van der Waals surface area contributed by atoms with Gasteiger partial charge in [0.1, 0.15) is 5.82 Å². The maximum atomic E-state index is 13.4. The van der Waals surface area contributed by atoms with Crippen molar-refractivity contribution in [2.75, 3.05) is 6.26 Å². The van der Waals surface area contributed by atoms with E-state index in [9.17, 15) is 4.39 Å². The van der Waals surface area contributed by atoms with Crippen LogP contribution in [0.25, 0.3) is 10.1 Å². The summed E-state index contributed by atoms with van der Waals surface area (Å²) < 4.78 is 14.6. The zero-order valence-electron chi connectivity index (χ0n) is 7.51. The van der Waals surface area contributed by atoms with E-state index in [1.165, 1.54) is 16.6 Å². The van der Waals surface area contributed by atoms with E-state index >= 15 is 0 Å². The van der Waals surface area contributed by atoms with Crippen molar-refractivity contribution in [2.24, 2.45) is 0 Å². The lowest BCUT2D eigenvalue weighted by molar-refractivity contribution is 0.604. The van der Waals surface area contributed by atoms with Crippen molar-refractivity contribution in [1.29, 1.82) is 0 Å². The molecule has 0 bridgehead atoms. The highest BCUT2D eigenvalue weighted by molar-refractivity contribution is 9.08. The molecule has 74 valence electrons. The Labute approximate surface area is 98.6 Å². The topological polar surface area (TPSA) is 0 Å². The van der Waals surface area contributed by atoms with Gasteiger partial charge >= 0.3 is 0 Å². The van der Waals surface area contributed by atoms with Crippen molar-refractivity contribution in [1.82, 2.24) is 0 Å². The SMILES string of the molecule is CSc1cc2sc(CBr)cc2cc1F. The van der Waals surface area contributed by atoms with E-state index in [-0.39, 0.29) is 5.82 Å². The highest BCUT2D eigenvalue weighted by atomic mass is 79.9. The van der Waals surface area contributed by atoms with Gasteiger partial charge in [-0.2, -0.15) is 0 Å². The number of hydrogen-bond donors (Lipinski definition) is 0. The first-order valence-electron chi connectivity index (χ1n) is 4.06. The summed E-state index contributed by atoms with van der Waals surface area (Å²) in [6, 6.07) is 5.57. The molecule has 0 aliphatic heterocycles. The van der Waals surface area contributed by atoms with Gasteiger partial charge in [-0.15, -0.1) is 23.1 Å². The van der Waals surface area contributed by atoms with E-state index in [2.05, 4.69) is 15.9 Å². The molecule has 1 aromatic heterocycles. The summed E-state index contributed by atoms with van der Waals surface area (Å²) in [7, 11) is 0. The fraction of sp³-hybridized carbons (Fsp3) is 0.200. The van der Waals surface area contributed by atoms with Gasteiger partial charge in [0.15, 0.2) is 0 Å². The van der Waals surface area contributed by atoms with Crippen molar-refractivity contribution >= 4 is 49.1 Å². The molecule has 0 atom stereocenters. The highest BCUT2D eigenvalue weighted by Crippen LogP contribution is 2.32. The van der Waals surface area contributed by atoms with Gasteiger partial charge in [0, 0.05) is 19.8 Å². The first-order chi connectivity index (χ1) is 6.74. The molecular formula is C10H8BrFS2. The monoisotopic (exact) mass is 290 g/mol. The van der Waals surface area contributed by atoms with Crippen LogP contribution in [0, 0.1) is 5.82 Å². The molecule has 1 heterocycles. The minimum absolute atomic E-state index is 0.121. The van der Waals surface area contributed by atoms with Gasteiger partial charge in [0.05, 0.1) is 0 Å². The van der Waals surface area contributed by atoms with Crippen molar-refractivity contribution in [3.05, 3.63) is 28.9 Å². The summed E-state index contributed by atoms with van der Waals surface area (Å²) in [5.74, 6) is -0.121. The lowest BCUT2D eigenvalue weighted by Crippen LogP contribution is -1.77. The number of alkyl halides is 1. The molecule has 0 N–H and O–H groups in total. The van der Waals surface area contributed by atoms with Gasteiger partial charge in [0.25, 0.3) is 0 Å². The predicted molar refractivity (Wildman–Crippen MR) is 66.2 cm³/mol. The Morgan fingerprint density at radius 3 is 2.86 bits per heavy atom. The average Bonchev–Trinajstić information content (AvgIpc) is 2.58. The number of fused-ring (bicyclic) bond motifs is 1. The molecule has 14 heavy (non-hydrogen) atoms. The maximum absolute atomic E-state index is 13.4. The minimum atomic E-state index is -0.121. The quantitative estimate of drug-likeness (QED) is 0.573. The van der Waals surface area contributed by atoms with E-state index in [1.54, 1.807) is 17.4 Å². The first kappa shape index (κ1) is 10.5. The van der Waals surface area contributed by atoms with E-state index in [0.29, 0.717) is 0 Å². The third kappa shape index (κ3) is 1.83. The van der Waals surface area contributed by atoms with Gasteiger partial charge in [-0.25, -0.2) is 4.39 Å². The van der Waals surface area contributed by atoms with Crippen molar-refractivity contribution in [3.63, 3.8) is 0 Å².